The molecule has 1 aliphatic heterocycles. The molecule has 1 aromatic carbocycles. The van der Waals surface area contributed by atoms with Crippen LogP contribution in [0.5, 0.6) is 0 Å². The number of halogens is 4. The van der Waals surface area contributed by atoms with Gasteiger partial charge in [-0.15, -0.1) is 0 Å². The van der Waals surface area contributed by atoms with Crippen LogP contribution in [0.1, 0.15) is 48.9 Å². The average molecular weight is 606 g/mol. The molecule has 2 aliphatic rings. The minimum Gasteiger partial charge on any atom is -0.475 e. The highest BCUT2D eigenvalue weighted by Gasteiger charge is 2.38. The average Bonchev–Trinajstić information content (AvgIpc) is 3.17. The van der Waals surface area contributed by atoms with Crippen LogP contribution in [0, 0.1) is 0 Å². The van der Waals surface area contributed by atoms with Gasteiger partial charge in [0, 0.05) is 37.2 Å². The number of aliphatic carboxylic acids is 1. The first kappa shape index (κ1) is 31.4. The molecule has 15 heteroatoms. The summed E-state index contributed by atoms with van der Waals surface area (Å²) < 4.78 is 60.0. The second-order valence-electron chi connectivity index (χ2n) is 9.36. The number of hydrogen-bond donors (Lipinski definition) is 4. The third-order valence-corrected chi connectivity index (χ3v) is 7.99. The number of pyridine rings is 1. The molecule has 220 valence electrons. The standard InChI is InChI=1S/C23H30ClN5O3S.C2HF3O2/c24-17-7-9-20(10-8-17)33(31,32)28-19-15-21(22(26-16-19)29-13-11-25-12-14-29)23(30)27-18-5-3-1-2-4-6-18;3-2(4,5)1(6)7/h7-10,15-16,18,25,28H,1-6,11-14H2,(H,27,30);(H,6,7). The lowest BCUT2D eigenvalue weighted by Crippen LogP contribution is -2.45. The number of nitrogens with zero attached hydrogens (tertiary/aromatic N) is 2. The van der Waals surface area contributed by atoms with Gasteiger partial charge in [-0.1, -0.05) is 37.3 Å². The fourth-order valence-electron chi connectivity index (χ4n) is 4.32. The van der Waals surface area contributed by atoms with Crippen LogP contribution in [0.25, 0.3) is 0 Å². The second-order valence-corrected chi connectivity index (χ2v) is 11.5. The van der Waals surface area contributed by atoms with Gasteiger partial charge in [-0.25, -0.2) is 18.2 Å². The number of piperazine rings is 1. The molecule has 1 aliphatic carbocycles. The van der Waals surface area contributed by atoms with E-state index in [9.17, 15) is 26.4 Å². The smallest absolute Gasteiger partial charge is 0.475 e. The number of carboxylic acid groups (broad SMARTS) is 1. The Morgan fingerprint density at radius 1 is 1.05 bits per heavy atom. The van der Waals surface area contributed by atoms with Crippen LogP contribution in [-0.4, -0.2) is 68.8 Å². The van der Waals surface area contributed by atoms with Gasteiger partial charge in [-0.05, 0) is 43.2 Å². The number of benzene rings is 1. The highest BCUT2D eigenvalue weighted by atomic mass is 35.5. The maximum Gasteiger partial charge on any atom is 0.490 e. The maximum absolute atomic E-state index is 13.3. The Balaban J connectivity index is 0.000000559. The predicted octanol–water partition coefficient (Wildman–Crippen LogP) is 4.03. The van der Waals surface area contributed by atoms with E-state index in [2.05, 4.69) is 25.2 Å². The Bertz CT molecular complexity index is 1260. The second kappa shape index (κ2) is 14.0. The molecule has 10 nitrogen and oxygen atoms in total. The quantitative estimate of drug-likeness (QED) is 0.362. The Morgan fingerprint density at radius 3 is 2.17 bits per heavy atom. The number of anilines is 2. The number of amides is 1. The number of nitrogens with one attached hydrogen (secondary N) is 3. The number of aromatic nitrogens is 1. The molecule has 1 amide bonds. The summed E-state index contributed by atoms with van der Waals surface area (Å²) in [6.45, 7) is 3.06. The van der Waals surface area contributed by atoms with Gasteiger partial charge >= 0.3 is 12.1 Å². The van der Waals surface area contributed by atoms with Crippen molar-refractivity contribution in [1.29, 1.82) is 0 Å². The zero-order chi connectivity index (χ0) is 29.3. The van der Waals surface area contributed by atoms with Crippen molar-refractivity contribution >= 4 is 45.0 Å². The number of rotatable bonds is 6. The minimum atomic E-state index is -5.08. The molecule has 40 heavy (non-hydrogen) atoms. The van der Waals surface area contributed by atoms with Crippen molar-refractivity contribution in [1.82, 2.24) is 15.6 Å². The summed E-state index contributed by atoms with van der Waals surface area (Å²) in [6, 6.07) is 7.63. The highest BCUT2D eigenvalue weighted by Crippen LogP contribution is 2.25. The summed E-state index contributed by atoms with van der Waals surface area (Å²) in [6.07, 6.45) is 2.91. The van der Waals surface area contributed by atoms with Crippen molar-refractivity contribution in [3.05, 3.63) is 47.1 Å². The first-order valence-electron chi connectivity index (χ1n) is 12.7. The van der Waals surface area contributed by atoms with Gasteiger partial charge in [0.1, 0.15) is 5.82 Å². The van der Waals surface area contributed by atoms with E-state index in [1.165, 1.54) is 43.3 Å². The highest BCUT2D eigenvalue weighted by molar-refractivity contribution is 7.92. The van der Waals surface area contributed by atoms with E-state index in [0.717, 1.165) is 51.9 Å². The van der Waals surface area contributed by atoms with Gasteiger partial charge in [0.15, 0.2) is 0 Å². The van der Waals surface area contributed by atoms with Crippen LogP contribution < -0.4 is 20.3 Å². The minimum absolute atomic E-state index is 0.0857. The molecule has 0 bridgehead atoms. The van der Waals surface area contributed by atoms with E-state index in [-0.39, 0.29) is 22.5 Å². The molecule has 4 N–H and O–H groups in total. The third kappa shape index (κ3) is 9.24. The lowest BCUT2D eigenvalue weighted by molar-refractivity contribution is -0.192. The van der Waals surface area contributed by atoms with Crippen molar-refractivity contribution in [2.45, 2.75) is 55.6 Å². The molecule has 0 atom stereocenters. The summed E-state index contributed by atoms with van der Waals surface area (Å²) in [4.78, 5) is 28.9. The summed E-state index contributed by atoms with van der Waals surface area (Å²) in [5.74, 6) is -2.39. The van der Waals surface area contributed by atoms with E-state index in [0.29, 0.717) is 16.4 Å². The molecule has 2 aromatic rings. The van der Waals surface area contributed by atoms with Gasteiger partial charge in [0.05, 0.1) is 22.3 Å². The van der Waals surface area contributed by atoms with Crippen LogP contribution >= 0.6 is 11.6 Å². The largest absolute Gasteiger partial charge is 0.490 e. The molecular formula is C25H31ClF3N5O5S. The fourth-order valence-corrected chi connectivity index (χ4v) is 5.48. The number of hydrogen-bond acceptors (Lipinski definition) is 7. The lowest BCUT2D eigenvalue weighted by Gasteiger charge is -2.30. The van der Waals surface area contributed by atoms with Crippen molar-refractivity contribution in [3.63, 3.8) is 0 Å². The monoisotopic (exact) mass is 605 g/mol. The van der Waals surface area contributed by atoms with E-state index < -0.39 is 22.2 Å². The molecular weight excluding hydrogens is 575 g/mol. The molecule has 2 fully saturated rings. The first-order valence-corrected chi connectivity index (χ1v) is 14.6. The van der Waals surface area contributed by atoms with Gasteiger partial charge in [-0.3, -0.25) is 9.52 Å². The number of carboxylic acids is 1. The number of alkyl halides is 3. The zero-order valence-electron chi connectivity index (χ0n) is 21.5. The van der Waals surface area contributed by atoms with Crippen molar-refractivity contribution < 1.29 is 36.3 Å². The lowest BCUT2D eigenvalue weighted by atomic mass is 10.1. The molecule has 1 aromatic heterocycles. The summed E-state index contributed by atoms with van der Waals surface area (Å²) in [5.41, 5.74) is 0.632. The SMILES string of the molecule is O=C(NC1CCCCCC1)c1cc(NS(=O)(=O)c2ccc(Cl)cc2)cnc1N1CCNCC1.O=C(O)C(F)(F)F. The Labute approximate surface area is 235 Å². The zero-order valence-corrected chi connectivity index (χ0v) is 23.1. The van der Waals surface area contributed by atoms with Crippen molar-refractivity contribution in [2.75, 3.05) is 35.8 Å². The van der Waals surface area contributed by atoms with Crippen LogP contribution in [-0.2, 0) is 14.8 Å². The molecule has 4 rings (SSSR count). The number of sulfonamides is 1. The first-order chi connectivity index (χ1) is 18.9. The van der Waals surface area contributed by atoms with Crippen LogP contribution in [0.15, 0.2) is 41.4 Å². The van der Waals surface area contributed by atoms with Gasteiger partial charge in [0.25, 0.3) is 15.9 Å². The molecule has 0 radical (unpaired) electrons. The maximum atomic E-state index is 13.3. The Morgan fingerprint density at radius 2 is 1.62 bits per heavy atom. The number of carbonyl (C=O) groups excluding carboxylic acids is 1. The van der Waals surface area contributed by atoms with Gasteiger partial charge in [-0.2, -0.15) is 13.2 Å². The van der Waals surface area contributed by atoms with Crippen molar-refractivity contribution in [3.8, 4) is 0 Å². The Kier molecular flexibility index (Phi) is 11.0. The number of carbonyl (C=O) groups is 2. The third-order valence-electron chi connectivity index (χ3n) is 6.34. The van der Waals surface area contributed by atoms with Crippen LogP contribution in [0.4, 0.5) is 24.7 Å². The van der Waals surface area contributed by atoms with Gasteiger partial charge in [0.2, 0.25) is 0 Å². The fraction of sp³-hybridized carbons (Fsp3) is 0.480. The Hall–Kier alpha value is -3.10. The summed E-state index contributed by atoms with van der Waals surface area (Å²) >= 11 is 5.88. The van der Waals surface area contributed by atoms with Crippen LogP contribution in [0.2, 0.25) is 5.02 Å². The topological polar surface area (TPSA) is 141 Å². The molecule has 1 saturated carbocycles. The van der Waals surface area contributed by atoms with Crippen molar-refractivity contribution in [2.24, 2.45) is 0 Å². The van der Waals surface area contributed by atoms with Gasteiger partial charge < -0.3 is 20.6 Å². The predicted molar refractivity (Wildman–Crippen MR) is 144 cm³/mol. The summed E-state index contributed by atoms with van der Waals surface area (Å²) in [5, 5.41) is 14.0. The van der Waals surface area contributed by atoms with Crippen LogP contribution in [0.3, 0.4) is 0 Å². The molecule has 1 saturated heterocycles. The summed E-state index contributed by atoms with van der Waals surface area (Å²) in [7, 11) is -3.85. The van der Waals surface area contributed by atoms with E-state index in [1.807, 2.05) is 0 Å². The van der Waals surface area contributed by atoms with E-state index in [4.69, 9.17) is 21.5 Å². The molecule has 0 unspecified atom stereocenters. The van der Waals surface area contributed by atoms with E-state index in [1.54, 1.807) is 6.07 Å². The normalized spacial score (nSPS) is 16.8. The van der Waals surface area contributed by atoms with E-state index >= 15 is 0 Å². The molecule has 2 heterocycles. The molecule has 0 spiro atoms.